The molecule has 0 bridgehead atoms. The zero-order chi connectivity index (χ0) is 11.6. The van der Waals surface area contributed by atoms with E-state index in [2.05, 4.69) is 18.7 Å². The number of rotatable bonds is 8. The molecule has 0 amide bonds. The van der Waals surface area contributed by atoms with Crippen LogP contribution in [0.5, 0.6) is 0 Å². The molecule has 2 fully saturated rings. The van der Waals surface area contributed by atoms with Crippen molar-refractivity contribution < 1.29 is 13.9 Å². The van der Waals surface area contributed by atoms with Gasteiger partial charge in [-0.2, -0.15) is 0 Å². The zero-order valence-electron chi connectivity index (χ0n) is 10.6. The van der Waals surface area contributed by atoms with Crippen molar-refractivity contribution in [3.63, 3.8) is 0 Å². The van der Waals surface area contributed by atoms with Crippen molar-refractivity contribution in [2.75, 3.05) is 19.8 Å². The largest absolute Gasteiger partial charge is 0.423 e. The van der Waals surface area contributed by atoms with Gasteiger partial charge in [-0.3, -0.25) is 0 Å². The number of ether oxygens (including phenoxy) is 2. The lowest BCUT2D eigenvalue weighted by atomic mass is 10.0. The third-order valence-electron chi connectivity index (χ3n) is 3.37. The summed E-state index contributed by atoms with van der Waals surface area (Å²) in [5.41, 5.74) is 0.0726. The highest BCUT2D eigenvalue weighted by atomic mass is 28.2. The van der Waals surface area contributed by atoms with Crippen molar-refractivity contribution in [3.8, 4) is 0 Å². The van der Waals surface area contributed by atoms with Crippen LogP contribution in [0.2, 0.25) is 0 Å². The highest BCUT2D eigenvalue weighted by Crippen LogP contribution is 2.26. The molecule has 2 aliphatic heterocycles. The molecule has 2 saturated heterocycles. The maximum absolute atomic E-state index is 5.54. The summed E-state index contributed by atoms with van der Waals surface area (Å²) in [5, 5.41) is 0. The fourth-order valence-corrected chi connectivity index (χ4v) is 2.09. The van der Waals surface area contributed by atoms with E-state index in [1.54, 1.807) is 0 Å². The zero-order valence-corrected chi connectivity index (χ0v) is 12.6. The summed E-state index contributed by atoms with van der Waals surface area (Å²) >= 11 is 0. The molecule has 2 rings (SSSR count). The van der Waals surface area contributed by atoms with E-state index in [0.717, 1.165) is 36.7 Å². The minimum atomic E-state index is 0.0726. The lowest BCUT2D eigenvalue weighted by Crippen LogP contribution is -2.31. The monoisotopic (exact) mass is 245 g/mol. The molecular formula is C11H23NO3Si. The van der Waals surface area contributed by atoms with Crippen molar-refractivity contribution in [2.45, 2.75) is 51.2 Å². The highest BCUT2D eigenvalue weighted by Gasteiger charge is 2.41. The van der Waals surface area contributed by atoms with Crippen molar-refractivity contribution >= 4 is 10.5 Å². The van der Waals surface area contributed by atoms with Crippen LogP contribution >= 0.6 is 0 Å². The molecule has 16 heavy (non-hydrogen) atoms. The topological polar surface area (TPSA) is 37.5 Å². The Morgan fingerprint density at radius 1 is 1.25 bits per heavy atom. The average molecular weight is 245 g/mol. The lowest BCUT2D eigenvalue weighted by molar-refractivity contribution is 0.0946. The lowest BCUT2D eigenvalue weighted by Gasteiger charge is -2.24. The molecule has 0 aromatic rings. The molecule has 5 heteroatoms. The number of epoxide rings is 2. The summed E-state index contributed by atoms with van der Waals surface area (Å²) in [6, 6.07) is 0. The van der Waals surface area contributed by atoms with Gasteiger partial charge in [0, 0.05) is 12.1 Å². The molecule has 0 N–H and O–H groups in total. The summed E-state index contributed by atoms with van der Waals surface area (Å²) in [6.45, 7) is 7.20. The molecule has 4 nitrogen and oxygen atoms in total. The van der Waals surface area contributed by atoms with Crippen LogP contribution < -0.4 is 0 Å². The van der Waals surface area contributed by atoms with Gasteiger partial charge in [0.2, 0.25) is 0 Å². The third-order valence-corrected chi connectivity index (χ3v) is 4.47. The van der Waals surface area contributed by atoms with Crippen LogP contribution in [0.4, 0.5) is 0 Å². The molecule has 0 radical (unpaired) electrons. The standard InChI is InChI=1S/C11H23NO3Si/c1-11(2,15-16)5-3-4-6-12(9-7-13-9)10-8-14-10/h9-10H,3-8H2,1-2,16H3. The van der Waals surface area contributed by atoms with Gasteiger partial charge in [0.15, 0.2) is 0 Å². The maximum atomic E-state index is 5.54. The SMILES string of the molecule is CC(C)(CCCCN(C1CO1)C1CO1)O[SiH3]. The summed E-state index contributed by atoms with van der Waals surface area (Å²) in [6.07, 6.45) is 4.24. The average Bonchev–Trinajstić information content (AvgIpc) is 3.11. The quantitative estimate of drug-likeness (QED) is 0.349. The molecule has 0 saturated carbocycles. The predicted octanol–water partition coefficient (Wildman–Crippen LogP) is 0.247. The van der Waals surface area contributed by atoms with E-state index in [1.807, 2.05) is 0 Å². The van der Waals surface area contributed by atoms with Gasteiger partial charge >= 0.3 is 0 Å². The second-order valence-corrected chi connectivity index (χ2v) is 5.64. The van der Waals surface area contributed by atoms with E-state index in [0.29, 0.717) is 12.5 Å². The Balaban J connectivity index is 1.59. The van der Waals surface area contributed by atoms with Crippen molar-refractivity contribution in [3.05, 3.63) is 0 Å². The van der Waals surface area contributed by atoms with E-state index < -0.39 is 0 Å². The van der Waals surface area contributed by atoms with Gasteiger partial charge < -0.3 is 13.9 Å². The maximum Gasteiger partial charge on any atom is 0.146 e. The first-order valence-electron chi connectivity index (χ1n) is 6.16. The highest BCUT2D eigenvalue weighted by molar-refractivity contribution is 5.98. The Morgan fingerprint density at radius 3 is 2.25 bits per heavy atom. The van der Waals surface area contributed by atoms with Gasteiger partial charge in [0.05, 0.1) is 13.2 Å². The first-order valence-corrected chi connectivity index (χ1v) is 6.98. The minimum absolute atomic E-state index is 0.0726. The van der Waals surface area contributed by atoms with Crippen molar-refractivity contribution in [1.29, 1.82) is 0 Å². The molecule has 2 unspecified atom stereocenters. The minimum Gasteiger partial charge on any atom is -0.423 e. The predicted molar refractivity (Wildman–Crippen MR) is 65.1 cm³/mol. The summed E-state index contributed by atoms with van der Waals surface area (Å²) in [5.74, 6) is 0. The molecule has 0 spiro atoms. The summed E-state index contributed by atoms with van der Waals surface area (Å²) in [4.78, 5) is 2.34. The van der Waals surface area contributed by atoms with Crippen LogP contribution in [0.15, 0.2) is 0 Å². The van der Waals surface area contributed by atoms with E-state index >= 15 is 0 Å². The van der Waals surface area contributed by atoms with E-state index in [-0.39, 0.29) is 5.60 Å². The van der Waals surface area contributed by atoms with Gasteiger partial charge in [0.25, 0.3) is 0 Å². The normalized spacial score (nSPS) is 28.7. The smallest absolute Gasteiger partial charge is 0.146 e. The molecule has 2 heterocycles. The molecule has 2 atom stereocenters. The second kappa shape index (κ2) is 5.14. The Kier molecular flexibility index (Phi) is 4.02. The Hall–Kier alpha value is 0.0569. The molecule has 94 valence electrons. The Morgan fingerprint density at radius 2 is 1.81 bits per heavy atom. The van der Waals surface area contributed by atoms with Crippen LogP contribution in [-0.2, 0) is 13.9 Å². The molecule has 2 aliphatic rings. The van der Waals surface area contributed by atoms with E-state index in [4.69, 9.17) is 13.9 Å². The molecule has 0 aromatic heterocycles. The van der Waals surface area contributed by atoms with Crippen molar-refractivity contribution in [1.82, 2.24) is 4.90 Å². The van der Waals surface area contributed by atoms with Gasteiger partial charge in [-0.15, -0.1) is 0 Å². The Bertz CT molecular complexity index is 217. The first-order chi connectivity index (χ1) is 7.62. The summed E-state index contributed by atoms with van der Waals surface area (Å²) in [7, 11) is 0.826. The number of unbranched alkanes of at least 4 members (excludes halogenated alkanes) is 1. The van der Waals surface area contributed by atoms with Gasteiger partial charge in [-0.1, -0.05) is 0 Å². The first kappa shape index (κ1) is 12.5. The van der Waals surface area contributed by atoms with Gasteiger partial charge in [-0.25, -0.2) is 4.90 Å². The van der Waals surface area contributed by atoms with E-state index in [9.17, 15) is 0 Å². The fraction of sp³-hybridized carbons (Fsp3) is 1.00. The van der Waals surface area contributed by atoms with Crippen molar-refractivity contribution in [2.24, 2.45) is 0 Å². The van der Waals surface area contributed by atoms with Crippen LogP contribution in [-0.4, -0.2) is 53.2 Å². The van der Waals surface area contributed by atoms with E-state index in [1.165, 1.54) is 12.8 Å². The fourth-order valence-electron chi connectivity index (χ4n) is 1.89. The Labute approximate surface area is 101 Å². The summed E-state index contributed by atoms with van der Waals surface area (Å²) < 4.78 is 16.2. The molecule has 0 aromatic carbocycles. The second-order valence-electron chi connectivity index (χ2n) is 5.23. The van der Waals surface area contributed by atoms with Gasteiger partial charge in [0.1, 0.15) is 22.9 Å². The van der Waals surface area contributed by atoms with Crippen LogP contribution in [0.3, 0.4) is 0 Å². The van der Waals surface area contributed by atoms with Crippen LogP contribution in [0.25, 0.3) is 0 Å². The van der Waals surface area contributed by atoms with Crippen LogP contribution in [0.1, 0.15) is 33.1 Å². The number of hydrogen-bond acceptors (Lipinski definition) is 4. The molecular weight excluding hydrogens is 222 g/mol. The number of nitrogens with zero attached hydrogens (tertiary/aromatic N) is 1. The third kappa shape index (κ3) is 3.82. The van der Waals surface area contributed by atoms with Crippen LogP contribution in [0, 0.1) is 0 Å². The number of hydrogen-bond donors (Lipinski definition) is 0. The molecule has 0 aliphatic carbocycles. The van der Waals surface area contributed by atoms with Gasteiger partial charge in [-0.05, 0) is 33.1 Å².